The predicted molar refractivity (Wildman–Crippen MR) is 133 cm³/mol. The number of nitrogens with zero attached hydrogens (tertiary/aromatic N) is 2. The van der Waals surface area contributed by atoms with Gasteiger partial charge in [-0.2, -0.15) is 0 Å². The molecule has 2 N–H and O–H groups in total. The van der Waals surface area contributed by atoms with Crippen LogP contribution in [0.25, 0.3) is 5.52 Å². The lowest BCUT2D eigenvalue weighted by Crippen LogP contribution is -2.57. The highest BCUT2D eigenvalue weighted by Crippen LogP contribution is 2.28. The van der Waals surface area contributed by atoms with Crippen molar-refractivity contribution in [3.05, 3.63) is 71.0 Å². The van der Waals surface area contributed by atoms with E-state index < -0.39 is 11.8 Å². The van der Waals surface area contributed by atoms with Gasteiger partial charge >= 0.3 is 5.97 Å². The van der Waals surface area contributed by atoms with Crippen molar-refractivity contribution in [2.45, 2.75) is 25.8 Å². The Morgan fingerprint density at radius 2 is 1.83 bits per heavy atom. The van der Waals surface area contributed by atoms with Gasteiger partial charge < -0.3 is 24.5 Å². The van der Waals surface area contributed by atoms with Crippen LogP contribution in [0.5, 0.6) is 5.75 Å². The van der Waals surface area contributed by atoms with Crippen LogP contribution in [-0.4, -0.2) is 64.3 Å². The fourth-order valence-electron chi connectivity index (χ4n) is 5.07. The van der Waals surface area contributed by atoms with Crippen LogP contribution >= 0.6 is 12.4 Å². The molecule has 0 radical (unpaired) electrons. The van der Waals surface area contributed by atoms with Crippen LogP contribution in [0.4, 0.5) is 0 Å². The van der Waals surface area contributed by atoms with Gasteiger partial charge in [-0.25, -0.2) is 4.79 Å². The highest BCUT2D eigenvalue weighted by atomic mass is 35.5. The molecule has 1 atom stereocenters. The van der Waals surface area contributed by atoms with Gasteiger partial charge in [0.2, 0.25) is 5.78 Å². The van der Waals surface area contributed by atoms with Crippen molar-refractivity contribution in [1.82, 2.24) is 14.6 Å². The van der Waals surface area contributed by atoms with Gasteiger partial charge in [-0.3, -0.25) is 9.59 Å². The van der Waals surface area contributed by atoms with Crippen LogP contribution in [0.3, 0.4) is 0 Å². The maximum Gasteiger partial charge on any atom is 0.340 e. The van der Waals surface area contributed by atoms with Gasteiger partial charge in [-0.05, 0) is 69.1 Å². The first-order chi connectivity index (χ1) is 16.5. The number of ketones is 1. The summed E-state index contributed by atoms with van der Waals surface area (Å²) >= 11 is 0. The van der Waals surface area contributed by atoms with Gasteiger partial charge in [0.15, 0.2) is 0 Å². The summed E-state index contributed by atoms with van der Waals surface area (Å²) in [6, 6.07) is 11.1. The molecule has 3 saturated heterocycles. The molecule has 1 aromatic carbocycles. The van der Waals surface area contributed by atoms with Crippen LogP contribution in [-0.2, 0) is 4.74 Å². The van der Waals surface area contributed by atoms with E-state index in [2.05, 4.69) is 10.2 Å². The minimum atomic E-state index is -0.578. The van der Waals surface area contributed by atoms with E-state index in [9.17, 15) is 19.5 Å². The molecular formula is C26H28ClN3O5. The Morgan fingerprint density at radius 1 is 1.09 bits per heavy atom. The standard InChI is InChI=1S/C26H27N3O5.ClH/c1-2-34-26(33)19-14-22(24(31)18-5-3-4-6-23(18)30)29-12-9-17(13-21(19)29)25(32)27-20-15-28-10-7-16(20)8-11-28;/h3-6,9,12-14,16,20,30H,2,7-8,10-11,15H2,1H3,(H,27,32);1H/t20-;/m0./s1. The molecule has 0 aliphatic carbocycles. The minimum Gasteiger partial charge on any atom is -0.507 e. The Bertz CT molecular complexity index is 1280. The maximum absolute atomic E-state index is 13.2. The number of esters is 1. The third kappa shape index (κ3) is 4.63. The van der Waals surface area contributed by atoms with Crippen molar-refractivity contribution in [2.75, 3.05) is 26.2 Å². The number of rotatable bonds is 6. The monoisotopic (exact) mass is 497 g/mol. The Hall–Kier alpha value is -3.36. The number of carbonyl (C=O) groups excluding carboxylic acids is 3. The van der Waals surface area contributed by atoms with E-state index in [4.69, 9.17) is 4.74 Å². The van der Waals surface area contributed by atoms with Crippen molar-refractivity contribution in [2.24, 2.45) is 5.92 Å². The highest BCUT2D eigenvalue weighted by Gasteiger charge is 2.35. The summed E-state index contributed by atoms with van der Waals surface area (Å²) in [4.78, 5) is 41.4. The molecule has 8 nitrogen and oxygen atoms in total. The Labute approximate surface area is 209 Å². The van der Waals surface area contributed by atoms with Crippen molar-refractivity contribution < 1.29 is 24.2 Å². The molecule has 0 unspecified atom stereocenters. The van der Waals surface area contributed by atoms with Crippen LogP contribution < -0.4 is 5.32 Å². The number of phenols is 1. The van der Waals surface area contributed by atoms with E-state index in [1.54, 1.807) is 41.8 Å². The lowest BCUT2D eigenvalue weighted by Gasteiger charge is -2.44. The molecular weight excluding hydrogens is 470 g/mol. The largest absolute Gasteiger partial charge is 0.507 e. The van der Waals surface area contributed by atoms with Gasteiger partial charge in [0, 0.05) is 24.3 Å². The number of aromatic nitrogens is 1. The Balaban J connectivity index is 0.00000289. The molecule has 0 saturated carbocycles. The first-order valence-corrected chi connectivity index (χ1v) is 11.6. The van der Waals surface area contributed by atoms with Gasteiger partial charge in [0.05, 0.1) is 28.9 Å². The number of hydrogen-bond acceptors (Lipinski definition) is 6. The molecule has 6 rings (SSSR count). The first kappa shape index (κ1) is 24.8. The first-order valence-electron chi connectivity index (χ1n) is 11.6. The summed E-state index contributed by atoms with van der Waals surface area (Å²) in [5.41, 5.74) is 1.33. The number of piperidine rings is 3. The van der Waals surface area contributed by atoms with Crippen molar-refractivity contribution in [3.8, 4) is 5.75 Å². The second kappa shape index (κ2) is 10.1. The molecule has 3 aliphatic heterocycles. The number of phenolic OH excluding ortho intramolecular Hbond substituents is 1. The zero-order valence-corrected chi connectivity index (χ0v) is 20.2. The lowest BCUT2D eigenvalue weighted by molar-refractivity contribution is 0.0528. The Morgan fingerprint density at radius 3 is 2.49 bits per heavy atom. The molecule has 3 aliphatic rings. The van der Waals surface area contributed by atoms with Gasteiger partial charge in [0.1, 0.15) is 5.75 Å². The number of carbonyl (C=O) groups is 3. The topological polar surface area (TPSA) is 100 Å². The third-order valence-electron chi connectivity index (χ3n) is 6.88. The number of ether oxygens (including phenoxy) is 1. The second-order valence-corrected chi connectivity index (χ2v) is 8.90. The number of fused-ring (bicyclic) bond motifs is 4. The average molecular weight is 498 g/mol. The summed E-state index contributed by atoms with van der Waals surface area (Å²) < 4.78 is 6.76. The van der Waals surface area contributed by atoms with Crippen molar-refractivity contribution in [1.29, 1.82) is 0 Å². The van der Waals surface area contributed by atoms with E-state index >= 15 is 0 Å². The van der Waals surface area contributed by atoms with E-state index in [0.717, 1.165) is 32.5 Å². The third-order valence-corrected chi connectivity index (χ3v) is 6.88. The van der Waals surface area contributed by atoms with E-state index in [1.165, 1.54) is 18.2 Å². The number of halogens is 1. The van der Waals surface area contributed by atoms with E-state index in [0.29, 0.717) is 17.0 Å². The number of para-hydroxylation sites is 1. The molecule has 184 valence electrons. The normalized spacial score (nSPS) is 20.8. The quantitative estimate of drug-likeness (QED) is 0.400. The summed E-state index contributed by atoms with van der Waals surface area (Å²) in [6.45, 7) is 4.92. The van der Waals surface area contributed by atoms with Crippen LogP contribution in [0.2, 0.25) is 0 Å². The fraction of sp³-hybridized carbons (Fsp3) is 0.346. The van der Waals surface area contributed by atoms with Gasteiger partial charge in [-0.15, -0.1) is 12.4 Å². The van der Waals surface area contributed by atoms with Crippen LogP contribution in [0.15, 0.2) is 48.7 Å². The summed E-state index contributed by atoms with van der Waals surface area (Å²) in [6.07, 6.45) is 3.79. The zero-order valence-electron chi connectivity index (χ0n) is 19.4. The SMILES string of the molecule is CCOC(=O)c1cc(C(=O)c2ccccc2O)n2ccc(C(=O)N[C@H]3CN4CCC3CC4)cc12.Cl. The van der Waals surface area contributed by atoms with Crippen molar-refractivity contribution >= 4 is 35.6 Å². The molecule has 3 fully saturated rings. The number of aromatic hydroxyl groups is 1. The summed E-state index contributed by atoms with van der Waals surface area (Å²) in [5, 5.41) is 13.3. The van der Waals surface area contributed by atoms with Gasteiger partial charge in [0.25, 0.3) is 5.91 Å². The average Bonchev–Trinajstić information content (AvgIpc) is 3.24. The molecule has 9 heteroatoms. The summed E-state index contributed by atoms with van der Waals surface area (Å²) in [5.74, 6) is -0.872. The molecule has 35 heavy (non-hydrogen) atoms. The number of pyridine rings is 1. The number of benzene rings is 1. The number of hydrogen-bond donors (Lipinski definition) is 2. The van der Waals surface area contributed by atoms with Gasteiger partial charge in [-0.1, -0.05) is 12.1 Å². The second-order valence-electron chi connectivity index (χ2n) is 8.90. The van der Waals surface area contributed by atoms with Crippen molar-refractivity contribution in [3.63, 3.8) is 0 Å². The van der Waals surface area contributed by atoms with Crippen LogP contribution in [0.1, 0.15) is 56.5 Å². The summed E-state index contributed by atoms with van der Waals surface area (Å²) in [7, 11) is 0. The lowest BCUT2D eigenvalue weighted by atomic mass is 9.84. The number of amides is 1. The predicted octanol–water partition coefficient (Wildman–Crippen LogP) is 3.30. The minimum absolute atomic E-state index is 0. The Kier molecular flexibility index (Phi) is 7.14. The fourth-order valence-corrected chi connectivity index (χ4v) is 5.07. The molecule has 5 heterocycles. The highest BCUT2D eigenvalue weighted by molar-refractivity contribution is 6.13. The zero-order chi connectivity index (χ0) is 23.8. The molecule has 3 aromatic rings. The molecule has 2 bridgehead atoms. The molecule has 0 spiro atoms. The molecule has 1 amide bonds. The maximum atomic E-state index is 13.2. The van der Waals surface area contributed by atoms with E-state index in [-0.39, 0.29) is 53.5 Å². The van der Waals surface area contributed by atoms with Crippen LogP contribution in [0, 0.1) is 5.92 Å². The van der Waals surface area contributed by atoms with E-state index in [1.807, 2.05) is 0 Å². The smallest absolute Gasteiger partial charge is 0.340 e. The number of nitrogens with one attached hydrogen (secondary N) is 1. The molecule has 2 aromatic heterocycles.